The van der Waals surface area contributed by atoms with Crippen molar-refractivity contribution < 1.29 is 4.79 Å². The molecule has 0 bridgehead atoms. The molecule has 0 aliphatic carbocycles. The predicted octanol–water partition coefficient (Wildman–Crippen LogP) is 2.33. The van der Waals surface area contributed by atoms with Crippen LogP contribution < -0.4 is 10.2 Å². The van der Waals surface area contributed by atoms with Crippen LogP contribution in [0.3, 0.4) is 0 Å². The summed E-state index contributed by atoms with van der Waals surface area (Å²) in [6.07, 6.45) is 7.11. The van der Waals surface area contributed by atoms with Crippen molar-refractivity contribution >= 4 is 22.9 Å². The van der Waals surface area contributed by atoms with Crippen LogP contribution in [-0.4, -0.2) is 45.1 Å². The van der Waals surface area contributed by atoms with Crippen LogP contribution in [0.5, 0.6) is 0 Å². The van der Waals surface area contributed by atoms with Crippen LogP contribution in [0, 0.1) is 5.92 Å². The number of imidazole rings is 1. The van der Waals surface area contributed by atoms with Crippen LogP contribution >= 0.6 is 0 Å². The first-order valence-corrected chi connectivity index (χ1v) is 9.92. The summed E-state index contributed by atoms with van der Waals surface area (Å²) in [6.45, 7) is 2.25. The lowest BCUT2D eigenvalue weighted by molar-refractivity contribution is -0.125. The molecule has 1 N–H and O–H groups in total. The Morgan fingerprint density at radius 2 is 2.04 bits per heavy atom. The number of anilines is 1. The van der Waals surface area contributed by atoms with E-state index in [0.717, 1.165) is 49.1 Å². The Morgan fingerprint density at radius 1 is 1.21 bits per heavy atom. The van der Waals surface area contributed by atoms with E-state index < -0.39 is 0 Å². The van der Waals surface area contributed by atoms with Gasteiger partial charge in [0.15, 0.2) is 0 Å². The highest BCUT2D eigenvalue weighted by molar-refractivity contribution is 5.79. The number of fused-ring (bicyclic) bond motifs is 1. The number of piperidine rings is 1. The van der Waals surface area contributed by atoms with E-state index in [9.17, 15) is 4.79 Å². The second-order valence-electron chi connectivity index (χ2n) is 7.30. The van der Waals surface area contributed by atoms with E-state index in [1.165, 1.54) is 0 Å². The third-order valence-electron chi connectivity index (χ3n) is 5.38. The zero-order chi connectivity index (χ0) is 19.3. The van der Waals surface area contributed by atoms with Gasteiger partial charge in [-0.1, -0.05) is 12.1 Å². The van der Waals surface area contributed by atoms with E-state index in [0.29, 0.717) is 19.0 Å². The topological polar surface area (TPSA) is 75.9 Å². The number of nitrogens with one attached hydrogen (secondary N) is 1. The molecule has 2 aromatic heterocycles. The van der Waals surface area contributed by atoms with Crippen molar-refractivity contribution in [3.63, 3.8) is 0 Å². The van der Waals surface area contributed by atoms with Crippen LogP contribution in [0.25, 0.3) is 11.0 Å². The first kappa shape index (κ1) is 18.4. The molecule has 1 aliphatic rings. The maximum absolute atomic E-state index is 12.6. The lowest BCUT2D eigenvalue weighted by atomic mass is 9.97. The number of benzene rings is 1. The fourth-order valence-electron chi connectivity index (χ4n) is 3.85. The van der Waals surface area contributed by atoms with Crippen molar-refractivity contribution in [3.05, 3.63) is 48.5 Å². The predicted molar refractivity (Wildman–Crippen MR) is 109 cm³/mol. The minimum atomic E-state index is -0.00620. The maximum atomic E-state index is 12.6. The average Bonchev–Trinajstić information content (AvgIpc) is 3.07. The molecule has 3 aromatic rings. The molecule has 0 saturated carbocycles. The van der Waals surface area contributed by atoms with E-state index in [2.05, 4.69) is 30.8 Å². The standard InChI is InChI=1S/C21H26N6O/c1-26-18-9-3-2-8-17(18)25-19(26)10-4-11-22-20(28)16-7-5-14-27(15-16)21-23-12-6-13-24-21/h2-3,6,8-9,12-13,16H,4-5,7,10-11,14-15H2,1H3,(H,22,28)/t16-/m0/s1. The van der Waals surface area contributed by atoms with Gasteiger partial charge < -0.3 is 14.8 Å². The van der Waals surface area contributed by atoms with Gasteiger partial charge in [0.1, 0.15) is 5.82 Å². The fraction of sp³-hybridized carbons (Fsp3) is 0.429. The zero-order valence-corrected chi connectivity index (χ0v) is 16.2. The number of para-hydroxylation sites is 2. The van der Waals surface area contributed by atoms with Crippen LogP contribution in [0.15, 0.2) is 42.7 Å². The lowest BCUT2D eigenvalue weighted by Gasteiger charge is -2.31. The van der Waals surface area contributed by atoms with E-state index in [1.807, 2.05) is 31.3 Å². The highest BCUT2D eigenvalue weighted by Crippen LogP contribution is 2.20. The number of carbonyl (C=O) groups excluding carboxylic acids is 1. The van der Waals surface area contributed by atoms with Crippen molar-refractivity contribution in [1.29, 1.82) is 0 Å². The number of aromatic nitrogens is 4. The molecule has 3 heterocycles. The van der Waals surface area contributed by atoms with Crippen molar-refractivity contribution in [2.24, 2.45) is 13.0 Å². The van der Waals surface area contributed by atoms with Crippen molar-refractivity contribution in [2.75, 3.05) is 24.5 Å². The number of amides is 1. The Bertz CT molecular complexity index is 938. The minimum absolute atomic E-state index is 0.00620. The molecular formula is C21H26N6O. The fourth-order valence-corrected chi connectivity index (χ4v) is 3.85. The summed E-state index contributed by atoms with van der Waals surface area (Å²) in [7, 11) is 2.05. The third kappa shape index (κ3) is 3.98. The molecule has 7 heteroatoms. The molecule has 0 radical (unpaired) electrons. The quantitative estimate of drug-likeness (QED) is 0.666. The first-order valence-electron chi connectivity index (χ1n) is 9.92. The van der Waals surface area contributed by atoms with Gasteiger partial charge in [0.25, 0.3) is 0 Å². The number of nitrogens with zero attached hydrogens (tertiary/aromatic N) is 5. The smallest absolute Gasteiger partial charge is 0.225 e. The average molecular weight is 378 g/mol. The summed E-state index contributed by atoms with van der Waals surface area (Å²) < 4.78 is 2.13. The number of aryl methyl sites for hydroxylation is 2. The number of carbonyl (C=O) groups is 1. The Balaban J connectivity index is 1.26. The van der Waals surface area contributed by atoms with E-state index in [4.69, 9.17) is 4.98 Å². The summed E-state index contributed by atoms with van der Waals surface area (Å²) in [5.41, 5.74) is 2.17. The zero-order valence-electron chi connectivity index (χ0n) is 16.2. The SMILES string of the molecule is Cn1c(CCCNC(=O)[C@H]2CCCN(c3ncccn3)C2)nc2ccccc21. The van der Waals surface area contributed by atoms with Gasteiger partial charge in [-0.3, -0.25) is 4.79 Å². The molecular weight excluding hydrogens is 352 g/mol. The lowest BCUT2D eigenvalue weighted by Crippen LogP contribution is -2.44. The summed E-state index contributed by atoms with van der Waals surface area (Å²) in [5, 5.41) is 3.10. The van der Waals surface area contributed by atoms with E-state index in [1.54, 1.807) is 12.4 Å². The normalized spacial score (nSPS) is 17.0. The van der Waals surface area contributed by atoms with Gasteiger partial charge in [-0.2, -0.15) is 0 Å². The Morgan fingerprint density at radius 3 is 2.86 bits per heavy atom. The summed E-state index contributed by atoms with van der Waals surface area (Å²) in [6, 6.07) is 9.96. The maximum Gasteiger partial charge on any atom is 0.225 e. The molecule has 146 valence electrons. The molecule has 1 atom stereocenters. The number of rotatable bonds is 6. The van der Waals surface area contributed by atoms with Crippen LogP contribution in [-0.2, 0) is 18.3 Å². The molecule has 7 nitrogen and oxygen atoms in total. The van der Waals surface area contributed by atoms with Crippen LogP contribution in [0.2, 0.25) is 0 Å². The second kappa shape index (κ2) is 8.37. The van der Waals surface area contributed by atoms with Gasteiger partial charge in [0.2, 0.25) is 11.9 Å². The van der Waals surface area contributed by atoms with Gasteiger partial charge in [-0.05, 0) is 37.5 Å². The monoisotopic (exact) mass is 378 g/mol. The molecule has 1 saturated heterocycles. The highest BCUT2D eigenvalue weighted by atomic mass is 16.1. The number of hydrogen-bond acceptors (Lipinski definition) is 5. The molecule has 0 spiro atoms. The second-order valence-corrected chi connectivity index (χ2v) is 7.30. The van der Waals surface area contributed by atoms with Gasteiger partial charge in [0.05, 0.1) is 17.0 Å². The van der Waals surface area contributed by atoms with Crippen molar-refractivity contribution in [2.45, 2.75) is 25.7 Å². The Labute approximate surface area is 164 Å². The first-order chi connectivity index (χ1) is 13.7. The summed E-state index contributed by atoms with van der Waals surface area (Å²) >= 11 is 0. The Kier molecular flexibility index (Phi) is 5.50. The molecule has 0 unspecified atom stereocenters. The minimum Gasteiger partial charge on any atom is -0.356 e. The third-order valence-corrected chi connectivity index (χ3v) is 5.38. The van der Waals surface area contributed by atoms with Gasteiger partial charge >= 0.3 is 0 Å². The molecule has 4 rings (SSSR count). The number of hydrogen-bond donors (Lipinski definition) is 1. The molecule has 1 amide bonds. The molecule has 28 heavy (non-hydrogen) atoms. The molecule has 1 fully saturated rings. The summed E-state index contributed by atoms with van der Waals surface area (Å²) in [4.78, 5) is 28.0. The van der Waals surface area contributed by atoms with Crippen molar-refractivity contribution in [1.82, 2.24) is 24.8 Å². The van der Waals surface area contributed by atoms with Gasteiger partial charge in [0, 0.05) is 45.5 Å². The van der Waals surface area contributed by atoms with Crippen molar-refractivity contribution in [3.8, 4) is 0 Å². The van der Waals surface area contributed by atoms with E-state index >= 15 is 0 Å². The van der Waals surface area contributed by atoms with Crippen LogP contribution in [0.4, 0.5) is 5.95 Å². The van der Waals surface area contributed by atoms with Crippen LogP contribution in [0.1, 0.15) is 25.1 Å². The molecule has 1 aromatic carbocycles. The van der Waals surface area contributed by atoms with Gasteiger partial charge in [-0.15, -0.1) is 0 Å². The Hall–Kier alpha value is -2.96. The van der Waals surface area contributed by atoms with Gasteiger partial charge in [-0.25, -0.2) is 15.0 Å². The molecule has 1 aliphatic heterocycles. The highest BCUT2D eigenvalue weighted by Gasteiger charge is 2.26. The van der Waals surface area contributed by atoms with E-state index in [-0.39, 0.29) is 11.8 Å². The summed E-state index contributed by atoms with van der Waals surface area (Å²) in [5.74, 6) is 1.89. The largest absolute Gasteiger partial charge is 0.356 e.